The summed E-state index contributed by atoms with van der Waals surface area (Å²) < 4.78 is 4.62. The summed E-state index contributed by atoms with van der Waals surface area (Å²) in [5.41, 5.74) is 0.801. The molecule has 0 bridgehead atoms. The molecule has 0 radical (unpaired) electrons. The minimum absolute atomic E-state index is 0.113. The molecule has 1 fully saturated rings. The fourth-order valence-corrected chi connectivity index (χ4v) is 4.22. The lowest BCUT2D eigenvalue weighted by Crippen LogP contribution is -2.49. The molecule has 12 heteroatoms. The number of carbonyl (C=O) groups excluding carboxylic acids is 3. The van der Waals surface area contributed by atoms with E-state index in [2.05, 4.69) is 20.3 Å². The van der Waals surface area contributed by atoms with Gasteiger partial charge in [0.05, 0.1) is 12.7 Å². The summed E-state index contributed by atoms with van der Waals surface area (Å²) in [4.78, 5) is 40.6. The second kappa shape index (κ2) is 10.8. The fraction of sp³-hybridized carbons (Fsp3) is 0.208. The number of methoxy groups -OCH3 is 1. The van der Waals surface area contributed by atoms with Crippen LogP contribution in [0.5, 0.6) is 5.75 Å². The zero-order chi connectivity index (χ0) is 25.8. The van der Waals surface area contributed by atoms with E-state index in [0.29, 0.717) is 47.7 Å². The molecule has 2 aromatic carbocycles. The van der Waals surface area contributed by atoms with Gasteiger partial charge in [-0.3, -0.25) is 9.59 Å². The van der Waals surface area contributed by atoms with Crippen LogP contribution < -0.4 is 10.2 Å². The minimum atomic E-state index is -0.566. The molecule has 2 N–H and O–H groups in total. The minimum Gasteiger partial charge on any atom is -0.507 e. The summed E-state index contributed by atoms with van der Waals surface area (Å²) in [7, 11) is 1.27. The van der Waals surface area contributed by atoms with Crippen LogP contribution in [0.1, 0.15) is 31.2 Å². The third-order valence-electron chi connectivity index (χ3n) is 5.55. The second-order valence-corrected chi connectivity index (χ2v) is 8.76. The number of aromatic hydroxyl groups is 1. The van der Waals surface area contributed by atoms with E-state index in [1.807, 2.05) is 4.90 Å². The Labute approximate surface area is 216 Å². The van der Waals surface area contributed by atoms with Gasteiger partial charge in [0.25, 0.3) is 11.8 Å². The zero-order valence-electron chi connectivity index (χ0n) is 19.1. The molecule has 0 saturated carbocycles. The highest BCUT2D eigenvalue weighted by Crippen LogP contribution is 2.26. The molecule has 2 heterocycles. The number of phenolic OH excluding ortho intramolecular Hbond substituents is 1. The van der Waals surface area contributed by atoms with Crippen molar-refractivity contribution in [3.8, 4) is 5.75 Å². The third-order valence-corrected chi connectivity index (χ3v) is 5.98. The summed E-state index contributed by atoms with van der Waals surface area (Å²) in [6, 6.07) is 12.0. The van der Waals surface area contributed by atoms with Crippen LogP contribution in [0, 0.1) is 0 Å². The number of halogens is 2. The summed E-state index contributed by atoms with van der Waals surface area (Å²) in [5.74, 6) is -1.04. The van der Waals surface area contributed by atoms with Crippen LogP contribution in [0.3, 0.4) is 0 Å². The van der Waals surface area contributed by atoms with Crippen molar-refractivity contribution in [2.45, 2.75) is 0 Å². The maximum absolute atomic E-state index is 13.0. The molecular formula is C24H21Cl2N5O5. The van der Waals surface area contributed by atoms with Crippen molar-refractivity contribution in [3.05, 3.63) is 75.4 Å². The van der Waals surface area contributed by atoms with E-state index >= 15 is 0 Å². The van der Waals surface area contributed by atoms with Crippen molar-refractivity contribution in [2.24, 2.45) is 0 Å². The van der Waals surface area contributed by atoms with Gasteiger partial charge in [0.1, 0.15) is 5.75 Å². The maximum atomic E-state index is 13.0. The number of hydrogen-bond donors (Lipinski definition) is 2. The van der Waals surface area contributed by atoms with Crippen LogP contribution in [-0.2, 0) is 4.74 Å². The predicted molar refractivity (Wildman–Crippen MR) is 134 cm³/mol. The van der Waals surface area contributed by atoms with E-state index in [1.165, 1.54) is 49.6 Å². The van der Waals surface area contributed by atoms with Gasteiger partial charge in [0, 0.05) is 53.5 Å². The number of hydrogen-bond acceptors (Lipinski definition) is 8. The maximum Gasteiger partial charge on any atom is 0.358 e. The van der Waals surface area contributed by atoms with Gasteiger partial charge in [-0.1, -0.05) is 23.2 Å². The van der Waals surface area contributed by atoms with Gasteiger partial charge in [0.2, 0.25) is 0 Å². The van der Waals surface area contributed by atoms with Gasteiger partial charge >= 0.3 is 5.97 Å². The Morgan fingerprint density at radius 2 is 1.64 bits per heavy atom. The number of nitrogens with zero attached hydrogens (tertiary/aromatic N) is 4. The zero-order valence-corrected chi connectivity index (χ0v) is 20.6. The van der Waals surface area contributed by atoms with E-state index < -0.39 is 11.9 Å². The van der Waals surface area contributed by atoms with Crippen LogP contribution in [0.2, 0.25) is 10.0 Å². The van der Waals surface area contributed by atoms with Gasteiger partial charge < -0.3 is 25.0 Å². The first-order chi connectivity index (χ1) is 17.2. The molecule has 4 rings (SSSR count). The predicted octanol–water partition coefficient (Wildman–Crippen LogP) is 3.49. The highest BCUT2D eigenvalue weighted by Gasteiger charge is 2.25. The Morgan fingerprint density at radius 3 is 2.22 bits per heavy atom. The van der Waals surface area contributed by atoms with Gasteiger partial charge in [-0.25, -0.2) is 4.79 Å². The Morgan fingerprint density at radius 1 is 0.944 bits per heavy atom. The van der Waals surface area contributed by atoms with Crippen LogP contribution in [0.25, 0.3) is 0 Å². The first-order valence-electron chi connectivity index (χ1n) is 10.8. The lowest BCUT2D eigenvalue weighted by Gasteiger charge is -2.35. The van der Waals surface area contributed by atoms with Crippen molar-refractivity contribution in [1.29, 1.82) is 0 Å². The van der Waals surface area contributed by atoms with Crippen molar-refractivity contribution in [2.75, 3.05) is 43.5 Å². The van der Waals surface area contributed by atoms with E-state index in [0.717, 1.165) is 0 Å². The number of ether oxygens (including phenoxy) is 1. The lowest BCUT2D eigenvalue weighted by molar-refractivity contribution is 0.0592. The standard InChI is InChI=1S/C24H21Cl2N5O5/c1-36-24(35)19-4-5-21(29-28-19)30-6-8-31(9-7-30)23(34)18-3-2-17(13-20(18)32)27-22(33)14-10-15(25)12-16(26)11-14/h2-5,10-13,32H,6-9H2,1H3,(H,27,33). The number of carbonyl (C=O) groups is 3. The Bertz CT molecular complexity index is 1290. The number of nitrogens with one attached hydrogen (secondary N) is 1. The highest BCUT2D eigenvalue weighted by atomic mass is 35.5. The summed E-state index contributed by atoms with van der Waals surface area (Å²) in [5, 5.41) is 21.7. The molecule has 0 atom stereocenters. The van der Waals surface area contributed by atoms with Gasteiger partial charge in [0.15, 0.2) is 11.5 Å². The van der Waals surface area contributed by atoms with Crippen molar-refractivity contribution >= 4 is 52.5 Å². The van der Waals surface area contributed by atoms with Crippen molar-refractivity contribution < 1.29 is 24.2 Å². The quantitative estimate of drug-likeness (QED) is 0.481. The number of benzene rings is 2. The fourth-order valence-electron chi connectivity index (χ4n) is 3.69. The van der Waals surface area contributed by atoms with Gasteiger partial charge in [-0.15, -0.1) is 10.2 Å². The molecule has 186 valence electrons. The molecule has 1 aliphatic rings. The average Bonchev–Trinajstić information content (AvgIpc) is 2.87. The number of aromatic nitrogens is 2. The summed E-state index contributed by atoms with van der Waals surface area (Å²) in [6.45, 7) is 1.78. The first-order valence-corrected chi connectivity index (χ1v) is 11.6. The van der Waals surface area contributed by atoms with E-state index in [4.69, 9.17) is 23.2 Å². The van der Waals surface area contributed by atoms with Crippen LogP contribution >= 0.6 is 23.2 Å². The molecular weight excluding hydrogens is 509 g/mol. The topological polar surface area (TPSA) is 125 Å². The molecule has 0 spiro atoms. The summed E-state index contributed by atoms with van der Waals surface area (Å²) in [6.07, 6.45) is 0. The van der Waals surface area contributed by atoms with Crippen LogP contribution in [0.4, 0.5) is 11.5 Å². The molecule has 1 aromatic heterocycles. The number of piperazine rings is 1. The molecule has 2 amide bonds. The van der Waals surface area contributed by atoms with Crippen molar-refractivity contribution in [1.82, 2.24) is 15.1 Å². The molecule has 1 aliphatic heterocycles. The van der Waals surface area contributed by atoms with E-state index in [1.54, 1.807) is 11.0 Å². The van der Waals surface area contributed by atoms with Gasteiger partial charge in [-0.05, 0) is 42.5 Å². The van der Waals surface area contributed by atoms with E-state index in [-0.39, 0.29) is 28.5 Å². The molecule has 36 heavy (non-hydrogen) atoms. The third kappa shape index (κ3) is 5.67. The number of anilines is 2. The lowest BCUT2D eigenvalue weighted by atomic mass is 10.1. The number of rotatable bonds is 5. The van der Waals surface area contributed by atoms with Gasteiger partial charge in [-0.2, -0.15) is 0 Å². The molecule has 0 aliphatic carbocycles. The normalized spacial score (nSPS) is 13.3. The second-order valence-electron chi connectivity index (χ2n) is 7.89. The highest BCUT2D eigenvalue weighted by molar-refractivity contribution is 6.35. The number of phenols is 1. The monoisotopic (exact) mass is 529 g/mol. The number of esters is 1. The number of amides is 2. The first kappa shape index (κ1) is 25.2. The van der Waals surface area contributed by atoms with Crippen LogP contribution in [0.15, 0.2) is 48.5 Å². The van der Waals surface area contributed by atoms with Crippen LogP contribution in [-0.4, -0.2) is 71.3 Å². The Kier molecular flexibility index (Phi) is 7.56. The van der Waals surface area contributed by atoms with E-state index in [9.17, 15) is 19.5 Å². The summed E-state index contributed by atoms with van der Waals surface area (Å²) >= 11 is 11.9. The average molecular weight is 530 g/mol. The molecule has 3 aromatic rings. The SMILES string of the molecule is COC(=O)c1ccc(N2CCN(C(=O)c3ccc(NC(=O)c4cc(Cl)cc(Cl)c4)cc3O)CC2)nn1. The molecule has 0 unspecified atom stereocenters. The Balaban J connectivity index is 1.37. The Hall–Kier alpha value is -3.89. The van der Waals surface area contributed by atoms with Crippen molar-refractivity contribution in [3.63, 3.8) is 0 Å². The largest absolute Gasteiger partial charge is 0.507 e. The smallest absolute Gasteiger partial charge is 0.358 e. The molecule has 1 saturated heterocycles. The molecule has 10 nitrogen and oxygen atoms in total.